The Morgan fingerprint density at radius 2 is 1.79 bits per heavy atom. The standard InChI is InChI=1S/C14H8ClFN2O/c15-14-11-5-6-13(19)18(12(11)7-8-17-14)10-3-1-9(16)2-4-10/h1-8H. The topological polar surface area (TPSA) is 34.9 Å². The van der Waals surface area contributed by atoms with Crippen molar-refractivity contribution in [2.24, 2.45) is 0 Å². The van der Waals surface area contributed by atoms with Gasteiger partial charge < -0.3 is 0 Å². The lowest BCUT2D eigenvalue weighted by Crippen LogP contribution is -2.17. The zero-order chi connectivity index (χ0) is 13.4. The number of nitrogens with zero attached hydrogens (tertiary/aromatic N) is 2. The molecule has 5 heteroatoms. The fraction of sp³-hybridized carbons (Fsp3) is 0. The number of pyridine rings is 2. The first-order chi connectivity index (χ1) is 9.16. The molecule has 0 amide bonds. The first kappa shape index (κ1) is 11.9. The number of halogens is 2. The van der Waals surface area contributed by atoms with E-state index >= 15 is 0 Å². The van der Waals surface area contributed by atoms with Gasteiger partial charge in [0.1, 0.15) is 11.0 Å². The summed E-state index contributed by atoms with van der Waals surface area (Å²) < 4.78 is 14.4. The van der Waals surface area contributed by atoms with Crippen molar-refractivity contribution in [3.63, 3.8) is 0 Å². The predicted molar refractivity (Wildman–Crippen MR) is 72.3 cm³/mol. The van der Waals surface area contributed by atoms with E-state index in [2.05, 4.69) is 4.98 Å². The quantitative estimate of drug-likeness (QED) is 0.639. The molecule has 2 aromatic heterocycles. The van der Waals surface area contributed by atoms with Gasteiger partial charge in [-0.1, -0.05) is 11.6 Å². The van der Waals surface area contributed by atoms with E-state index in [9.17, 15) is 9.18 Å². The first-order valence-corrected chi connectivity index (χ1v) is 5.97. The monoisotopic (exact) mass is 274 g/mol. The molecule has 0 fully saturated rings. The summed E-state index contributed by atoms with van der Waals surface area (Å²) in [6.07, 6.45) is 1.53. The summed E-state index contributed by atoms with van der Waals surface area (Å²) in [5.74, 6) is -0.350. The summed E-state index contributed by atoms with van der Waals surface area (Å²) in [5, 5.41) is 1.00. The van der Waals surface area contributed by atoms with E-state index in [-0.39, 0.29) is 11.4 Å². The molecule has 0 bridgehead atoms. The number of aromatic nitrogens is 2. The Morgan fingerprint density at radius 3 is 2.53 bits per heavy atom. The van der Waals surface area contributed by atoms with Crippen LogP contribution in [0, 0.1) is 5.82 Å². The highest BCUT2D eigenvalue weighted by molar-refractivity contribution is 6.34. The van der Waals surface area contributed by atoms with E-state index in [0.29, 0.717) is 21.7 Å². The molecule has 0 saturated heterocycles. The zero-order valence-electron chi connectivity index (χ0n) is 9.68. The van der Waals surface area contributed by atoms with Crippen molar-refractivity contribution >= 4 is 22.5 Å². The lowest BCUT2D eigenvalue weighted by molar-refractivity contribution is 0.627. The summed E-state index contributed by atoms with van der Waals surface area (Å²) >= 11 is 6.01. The van der Waals surface area contributed by atoms with Crippen LogP contribution in [0.1, 0.15) is 0 Å². The predicted octanol–water partition coefficient (Wildman–Crippen LogP) is 3.18. The zero-order valence-corrected chi connectivity index (χ0v) is 10.4. The average Bonchev–Trinajstić information content (AvgIpc) is 2.40. The minimum atomic E-state index is -0.350. The van der Waals surface area contributed by atoms with Gasteiger partial charge in [0.15, 0.2) is 0 Å². The van der Waals surface area contributed by atoms with Gasteiger partial charge in [0.05, 0.1) is 5.52 Å². The summed E-state index contributed by atoms with van der Waals surface area (Å²) in [7, 11) is 0. The second-order valence-corrected chi connectivity index (χ2v) is 4.38. The molecule has 94 valence electrons. The highest BCUT2D eigenvalue weighted by Crippen LogP contribution is 2.21. The molecule has 2 heterocycles. The third-order valence-electron chi connectivity index (χ3n) is 2.86. The van der Waals surface area contributed by atoms with Crippen molar-refractivity contribution in [3.05, 3.63) is 70.0 Å². The maximum atomic E-state index is 13.0. The first-order valence-electron chi connectivity index (χ1n) is 5.59. The van der Waals surface area contributed by atoms with Crippen LogP contribution >= 0.6 is 11.6 Å². The highest BCUT2D eigenvalue weighted by Gasteiger charge is 2.08. The van der Waals surface area contributed by atoms with Gasteiger partial charge in [0.2, 0.25) is 0 Å². The molecule has 19 heavy (non-hydrogen) atoms. The van der Waals surface area contributed by atoms with Crippen molar-refractivity contribution < 1.29 is 4.39 Å². The van der Waals surface area contributed by atoms with Crippen molar-refractivity contribution in [2.45, 2.75) is 0 Å². The van der Waals surface area contributed by atoms with Crippen molar-refractivity contribution in [1.82, 2.24) is 9.55 Å². The second kappa shape index (κ2) is 4.48. The van der Waals surface area contributed by atoms with E-state index in [1.165, 1.54) is 29.0 Å². The molecule has 3 nitrogen and oxygen atoms in total. The van der Waals surface area contributed by atoms with Crippen LogP contribution in [0.2, 0.25) is 5.15 Å². The summed E-state index contributed by atoms with van der Waals surface area (Å²) in [6.45, 7) is 0. The molecule has 0 saturated carbocycles. The minimum Gasteiger partial charge on any atom is -0.277 e. The van der Waals surface area contributed by atoms with Gasteiger partial charge >= 0.3 is 0 Å². The van der Waals surface area contributed by atoms with Gasteiger partial charge in [0.25, 0.3) is 5.56 Å². The highest BCUT2D eigenvalue weighted by atomic mass is 35.5. The smallest absolute Gasteiger partial charge is 0.255 e. The summed E-state index contributed by atoms with van der Waals surface area (Å²) in [5.41, 5.74) is 1.01. The van der Waals surface area contributed by atoms with Crippen LogP contribution in [0.4, 0.5) is 4.39 Å². The maximum Gasteiger partial charge on any atom is 0.255 e. The summed E-state index contributed by atoms with van der Waals surface area (Å²) in [6, 6.07) is 10.5. The van der Waals surface area contributed by atoms with Gasteiger partial charge in [-0.15, -0.1) is 0 Å². The largest absolute Gasteiger partial charge is 0.277 e. The lowest BCUT2D eigenvalue weighted by atomic mass is 10.2. The van der Waals surface area contributed by atoms with Crippen LogP contribution < -0.4 is 5.56 Å². The number of rotatable bonds is 1. The van der Waals surface area contributed by atoms with Crippen molar-refractivity contribution in [1.29, 1.82) is 0 Å². The van der Waals surface area contributed by atoms with Crippen LogP contribution in [0.25, 0.3) is 16.6 Å². The number of benzene rings is 1. The SMILES string of the molecule is O=c1ccc2c(Cl)nccc2n1-c1ccc(F)cc1. The third kappa shape index (κ3) is 2.00. The van der Waals surface area contributed by atoms with E-state index < -0.39 is 0 Å². The average molecular weight is 275 g/mol. The molecule has 0 aliphatic rings. The van der Waals surface area contributed by atoms with Gasteiger partial charge in [-0.25, -0.2) is 9.37 Å². The molecule has 0 radical (unpaired) electrons. The molecule has 0 unspecified atom stereocenters. The Kier molecular flexibility index (Phi) is 2.80. The molecule has 1 aromatic carbocycles. The lowest BCUT2D eigenvalue weighted by Gasteiger charge is -2.10. The van der Waals surface area contributed by atoms with Crippen LogP contribution in [-0.4, -0.2) is 9.55 Å². The third-order valence-corrected chi connectivity index (χ3v) is 3.16. The Bertz CT molecular complexity index is 812. The second-order valence-electron chi connectivity index (χ2n) is 4.02. The molecule has 3 aromatic rings. The Morgan fingerprint density at radius 1 is 1.05 bits per heavy atom. The summed E-state index contributed by atoms with van der Waals surface area (Å²) in [4.78, 5) is 16.0. The van der Waals surface area contributed by atoms with Gasteiger partial charge in [-0.05, 0) is 36.4 Å². The molecule has 0 aliphatic heterocycles. The minimum absolute atomic E-state index is 0.207. The molecule has 0 atom stereocenters. The van der Waals surface area contributed by atoms with Crippen LogP contribution in [0.3, 0.4) is 0 Å². The molecular formula is C14H8ClFN2O. The molecular weight excluding hydrogens is 267 g/mol. The van der Waals surface area contributed by atoms with Crippen LogP contribution in [-0.2, 0) is 0 Å². The molecule has 3 rings (SSSR count). The van der Waals surface area contributed by atoms with E-state index in [4.69, 9.17) is 11.6 Å². The van der Waals surface area contributed by atoms with Gasteiger partial charge in [-0.3, -0.25) is 9.36 Å². The van der Waals surface area contributed by atoms with E-state index in [1.54, 1.807) is 24.3 Å². The Balaban J connectivity index is 2.40. The maximum absolute atomic E-state index is 13.0. The van der Waals surface area contributed by atoms with Crippen LogP contribution in [0.5, 0.6) is 0 Å². The number of fused-ring (bicyclic) bond motifs is 1. The molecule has 0 aliphatic carbocycles. The number of hydrogen-bond donors (Lipinski definition) is 0. The van der Waals surface area contributed by atoms with Gasteiger partial charge in [-0.2, -0.15) is 0 Å². The van der Waals surface area contributed by atoms with E-state index in [0.717, 1.165) is 0 Å². The molecule has 0 N–H and O–H groups in total. The van der Waals surface area contributed by atoms with E-state index in [1.807, 2.05) is 0 Å². The fourth-order valence-corrected chi connectivity index (χ4v) is 2.21. The molecule has 0 spiro atoms. The number of hydrogen-bond acceptors (Lipinski definition) is 2. The fourth-order valence-electron chi connectivity index (χ4n) is 1.99. The normalized spacial score (nSPS) is 10.8. The van der Waals surface area contributed by atoms with Gasteiger partial charge in [0, 0.05) is 23.3 Å². The van der Waals surface area contributed by atoms with Crippen molar-refractivity contribution in [3.8, 4) is 5.69 Å². The van der Waals surface area contributed by atoms with Crippen LogP contribution in [0.15, 0.2) is 53.5 Å². The van der Waals surface area contributed by atoms with Crippen molar-refractivity contribution in [2.75, 3.05) is 0 Å². The Labute approximate surface area is 112 Å². The Hall–Kier alpha value is -2.20.